The van der Waals surface area contributed by atoms with Crippen LogP contribution in [0.4, 0.5) is 23.2 Å². The topological polar surface area (TPSA) is 85.3 Å². The Morgan fingerprint density at radius 1 is 1.32 bits per heavy atom. The molecule has 0 aliphatic heterocycles. The van der Waals surface area contributed by atoms with Crippen LogP contribution in [0.2, 0.25) is 0 Å². The number of carbonyl (C=O) groups is 1. The summed E-state index contributed by atoms with van der Waals surface area (Å²) in [4.78, 5) is 23.5. The monoisotopic (exact) mass is 360 g/mol. The van der Waals surface area contributed by atoms with Crippen LogP contribution >= 0.6 is 0 Å². The average molecular weight is 360 g/mol. The maximum atomic E-state index is 13.9. The van der Waals surface area contributed by atoms with E-state index in [1.807, 2.05) is 6.92 Å². The van der Waals surface area contributed by atoms with E-state index in [2.05, 4.69) is 0 Å². The van der Waals surface area contributed by atoms with Crippen LogP contribution in [0.15, 0.2) is 17.1 Å². The Bertz CT molecular complexity index is 888. The lowest BCUT2D eigenvalue weighted by Crippen LogP contribution is -2.23. The number of alkyl halides is 3. The zero-order chi connectivity index (χ0) is 18.9. The Morgan fingerprint density at radius 3 is 2.48 bits per heavy atom. The summed E-state index contributed by atoms with van der Waals surface area (Å²) in [6, 6.07) is 0.561. The zero-order valence-corrected chi connectivity index (χ0v) is 13.3. The molecule has 0 atom stereocenters. The minimum Gasteiger partial charge on any atom is -0.477 e. The lowest BCUT2D eigenvalue weighted by Gasteiger charge is -2.19. The molecule has 0 radical (unpaired) electrons. The van der Waals surface area contributed by atoms with E-state index >= 15 is 0 Å². The molecule has 2 rings (SSSR count). The summed E-state index contributed by atoms with van der Waals surface area (Å²) in [6.45, 7) is 1.93. The van der Waals surface area contributed by atoms with Crippen LogP contribution in [-0.4, -0.2) is 15.6 Å². The Labute approximate surface area is 139 Å². The van der Waals surface area contributed by atoms with Crippen LogP contribution in [0, 0.1) is 5.82 Å². The van der Waals surface area contributed by atoms with Crippen molar-refractivity contribution < 1.29 is 27.5 Å². The van der Waals surface area contributed by atoms with E-state index in [-0.39, 0.29) is 6.54 Å². The summed E-state index contributed by atoms with van der Waals surface area (Å²) in [5, 5.41) is 8.46. The second kappa shape index (κ2) is 6.73. The Hall–Kier alpha value is -2.58. The molecule has 5 nitrogen and oxygen atoms in total. The smallest absolute Gasteiger partial charge is 0.420 e. The number of aryl methyl sites for hydroxylation is 1. The second-order valence-electron chi connectivity index (χ2n) is 5.62. The van der Waals surface area contributed by atoms with Crippen LogP contribution in [0.1, 0.15) is 42.1 Å². The number of anilines is 1. The van der Waals surface area contributed by atoms with Gasteiger partial charge in [-0.05, 0) is 12.5 Å². The standard InChI is InChI=1S/C16H16F4N2O3/c1-2-3-4-5-22-7-9(15(24)25)14(23)8-6-10(17)12(21)11(13(8)22)16(18,19)20/h6-7H,2-5,21H2,1H3,(H,24,25). The molecule has 9 heteroatoms. The quantitative estimate of drug-likeness (QED) is 0.484. The molecule has 1 aromatic carbocycles. The molecular weight excluding hydrogens is 344 g/mol. The fourth-order valence-electron chi connectivity index (χ4n) is 2.70. The summed E-state index contributed by atoms with van der Waals surface area (Å²) in [7, 11) is 0. The molecule has 0 saturated heterocycles. The van der Waals surface area contributed by atoms with Crippen LogP contribution in [-0.2, 0) is 12.7 Å². The van der Waals surface area contributed by atoms with E-state index in [0.29, 0.717) is 18.9 Å². The number of halogens is 4. The number of carboxylic acids is 1. The van der Waals surface area contributed by atoms with Crippen molar-refractivity contribution in [2.75, 3.05) is 5.73 Å². The number of pyridine rings is 1. The van der Waals surface area contributed by atoms with Crippen molar-refractivity contribution in [3.05, 3.63) is 39.4 Å². The van der Waals surface area contributed by atoms with Gasteiger partial charge in [-0.1, -0.05) is 19.8 Å². The highest BCUT2D eigenvalue weighted by atomic mass is 19.4. The highest BCUT2D eigenvalue weighted by molar-refractivity contribution is 5.95. The van der Waals surface area contributed by atoms with Gasteiger partial charge in [0.05, 0.1) is 16.6 Å². The number of hydrogen-bond acceptors (Lipinski definition) is 3. The number of benzene rings is 1. The Kier molecular flexibility index (Phi) is 5.05. The first-order chi connectivity index (χ1) is 11.6. The first-order valence-electron chi connectivity index (χ1n) is 7.55. The van der Waals surface area contributed by atoms with Gasteiger partial charge in [0.15, 0.2) is 0 Å². The molecule has 1 heterocycles. The minimum absolute atomic E-state index is 0.0407. The maximum Gasteiger partial charge on any atom is 0.420 e. The van der Waals surface area contributed by atoms with Gasteiger partial charge in [-0.25, -0.2) is 9.18 Å². The third kappa shape index (κ3) is 3.45. The predicted molar refractivity (Wildman–Crippen MR) is 84.1 cm³/mol. The molecule has 0 amide bonds. The largest absolute Gasteiger partial charge is 0.477 e. The SMILES string of the molecule is CCCCCn1cc(C(=O)O)c(=O)c2cc(F)c(N)c(C(F)(F)F)c21. The van der Waals surface area contributed by atoms with E-state index < -0.39 is 51.1 Å². The molecule has 25 heavy (non-hydrogen) atoms. The van der Waals surface area contributed by atoms with Crippen molar-refractivity contribution in [2.24, 2.45) is 0 Å². The third-order valence-electron chi connectivity index (χ3n) is 3.87. The van der Waals surface area contributed by atoms with Crippen LogP contribution in [0.25, 0.3) is 10.9 Å². The maximum absolute atomic E-state index is 13.9. The lowest BCUT2D eigenvalue weighted by molar-refractivity contribution is -0.136. The molecule has 1 aromatic heterocycles. The molecule has 0 aliphatic carbocycles. The fourth-order valence-corrected chi connectivity index (χ4v) is 2.70. The van der Waals surface area contributed by atoms with E-state index in [9.17, 15) is 27.2 Å². The van der Waals surface area contributed by atoms with E-state index in [1.54, 1.807) is 0 Å². The van der Waals surface area contributed by atoms with Gasteiger partial charge in [-0.3, -0.25) is 4.79 Å². The molecule has 0 saturated carbocycles. The number of unbranched alkanes of at least 4 members (excludes halogenated alkanes) is 2. The molecule has 0 aliphatic rings. The number of nitrogen functional groups attached to an aromatic ring is 1. The normalized spacial score (nSPS) is 11.9. The fraction of sp³-hybridized carbons (Fsp3) is 0.375. The molecule has 0 fully saturated rings. The van der Waals surface area contributed by atoms with Crippen molar-refractivity contribution in [2.45, 2.75) is 38.9 Å². The van der Waals surface area contributed by atoms with E-state index in [4.69, 9.17) is 10.8 Å². The summed E-state index contributed by atoms with van der Waals surface area (Å²) >= 11 is 0. The van der Waals surface area contributed by atoms with Gasteiger partial charge >= 0.3 is 12.1 Å². The van der Waals surface area contributed by atoms with Crippen LogP contribution in [0.3, 0.4) is 0 Å². The van der Waals surface area contributed by atoms with Crippen molar-refractivity contribution in [3.63, 3.8) is 0 Å². The van der Waals surface area contributed by atoms with Gasteiger partial charge < -0.3 is 15.4 Å². The lowest BCUT2D eigenvalue weighted by atomic mass is 10.0. The Balaban J connectivity index is 2.96. The number of nitrogens with two attached hydrogens (primary N) is 1. The van der Waals surface area contributed by atoms with Gasteiger partial charge in [0, 0.05) is 12.7 Å². The Morgan fingerprint density at radius 2 is 1.96 bits per heavy atom. The van der Waals surface area contributed by atoms with E-state index in [1.165, 1.54) is 0 Å². The van der Waals surface area contributed by atoms with Gasteiger partial charge in [-0.2, -0.15) is 13.2 Å². The van der Waals surface area contributed by atoms with E-state index in [0.717, 1.165) is 17.2 Å². The van der Waals surface area contributed by atoms with Crippen LogP contribution < -0.4 is 11.2 Å². The summed E-state index contributed by atoms with van der Waals surface area (Å²) in [5.41, 5.74) is 0.194. The number of rotatable bonds is 5. The third-order valence-corrected chi connectivity index (χ3v) is 3.87. The van der Waals surface area contributed by atoms with Gasteiger partial charge in [0.2, 0.25) is 5.43 Å². The van der Waals surface area contributed by atoms with Crippen molar-refractivity contribution in [3.8, 4) is 0 Å². The molecule has 0 bridgehead atoms. The number of nitrogens with zero attached hydrogens (tertiary/aromatic N) is 1. The molecule has 0 spiro atoms. The number of hydrogen-bond donors (Lipinski definition) is 2. The molecular formula is C16H16F4N2O3. The number of aromatic carboxylic acids is 1. The van der Waals surface area contributed by atoms with Crippen molar-refractivity contribution in [1.29, 1.82) is 0 Å². The minimum atomic E-state index is -5.01. The first-order valence-corrected chi connectivity index (χ1v) is 7.55. The summed E-state index contributed by atoms with van der Waals surface area (Å²) in [6.07, 6.45) is -2.22. The number of carboxylic acid groups (broad SMARTS) is 1. The van der Waals surface area contributed by atoms with Gasteiger partial charge in [0.25, 0.3) is 0 Å². The van der Waals surface area contributed by atoms with Crippen molar-refractivity contribution in [1.82, 2.24) is 4.57 Å². The highest BCUT2D eigenvalue weighted by Gasteiger charge is 2.38. The zero-order valence-electron chi connectivity index (χ0n) is 13.3. The first kappa shape index (κ1) is 18.8. The molecule has 136 valence electrons. The van der Waals surface area contributed by atoms with Gasteiger partial charge in [-0.15, -0.1) is 0 Å². The molecule has 3 N–H and O–H groups in total. The predicted octanol–water partition coefficient (Wildman–Crippen LogP) is 3.63. The van der Waals surface area contributed by atoms with Crippen molar-refractivity contribution >= 4 is 22.6 Å². The molecule has 2 aromatic rings. The number of aromatic nitrogens is 1. The second-order valence-corrected chi connectivity index (χ2v) is 5.62. The average Bonchev–Trinajstić information content (AvgIpc) is 2.50. The highest BCUT2D eigenvalue weighted by Crippen LogP contribution is 2.39. The summed E-state index contributed by atoms with van der Waals surface area (Å²) in [5.74, 6) is -3.01. The molecule has 0 unspecified atom stereocenters. The van der Waals surface area contributed by atoms with Crippen LogP contribution in [0.5, 0.6) is 0 Å². The summed E-state index contributed by atoms with van der Waals surface area (Å²) < 4.78 is 55.2. The number of fused-ring (bicyclic) bond motifs is 1. The van der Waals surface area contributed by atoms with Gasteiger partial charge in [0.1, 0.15) is 16.9 Å².